The second-order valence-corrected chi connectivity index (χ2v) is 10.8. The summed E-state index contributed by atoms with van der Waals surface area (Å²) in [6, 6.07) is 3.32. The van der Waals surface area contributed by atoms with Crippen molar-refractivity contribution >= 4 is 44.9 Å². The number of likely N-dealkylation sites (tertiary alicyclic amines) is 1. The second-order valence-electron chi connectivity index (χ2n) is 9.93. The summed E-state index contributed by atoms with van der Waals surface area (Å²) >= 11 is 1.34. The van der Waals surface area contributed by atoms with Gasteiger partial charge in [0.1, 0.15) is 24.2 Å². The fourth-order valence-corrected chi connectivity index (χ4v) is 6.40. The molecule has 2 aliphatic rings. The van der Waals surface area contributed by atoms with Gasteiger partial charge < -0.3 is 16.0 Å². The molecule has 2 aliphatic heterocycles. The minimum Gasteiger partial charge on any atom is -0.366 e. The number of thiophene rings is 1. The number of primary amides is 1. The van der Waals surface area contributed by atoms with E-state index in [0.29, 0.717) is 23.1 Å². The van der Waals surface area contributed by atoms with Crippen molar-refractivity contribution < 1.29 is 37.2 Å². The first kappa shape index (κ1) is 29.5. The zero-order valence-electron chi connectivity index (χ0n) is 22.3. The molecule has 1 saturated heterocycles. The molecule has 0 bridgehead atoms. The van der Waals surface area contributed by atoms with Crippen molar-refractivity contribution in [3.8, 4) is 0 Å². The number of halogens is 3. The molecule has 9 nitrogen and oxygen atoms in total. The number of nitrogens with zero attached hydrogens (tertiary/aromatic N) is 2. The van der Waals surface area contributed by atoms with Gasteiger partial charge in [0.2, 0.25) is 17.7 Å². The first-order chi connectivity index (χ1) is 18.8. The molecule has 4 rings (SSSR count). The molecule has 2 unspecified atom stereocenters. The van der Waals surface area contributed by atoms with Crippen LogP contribution < -0.4 is 11.1 Å². The smallest absolute Gasteiger partial charge is 0.366 e. The number of alkyl halides is 3. The van der Waals surface area contributed by atoms with E-state index in [0.717, 1.165) is 4.70 Å². The Labute approximate surface area is 233 Å². The van der Waals surface area contributed by atoms with Gasteiger partial charge in [-0.3, -0.25) is 24.0 Å². The van der Waals surface area contributed by atoms with Crippen molar-refractivity contribution in [3.05, 3.63) is 46.5 Å². The summed E-state index contributed by atoms with van der Waals surface area (Å²) in [4.78, 5) is 58.3. The third-order valence-electron chi connectivity index (χ3n) is 7.35. The topological polar surface area (TPSA) is 122 Å². The van der Waals surface area contributed by atoms with Gasteiger partial charge in [-0.2, -0.15) is 13.2 Å². The zero-order chi connectivity index (χ0) is 29.4. The van der Waals surface area contributed by atoms with Gasteiger partial charge >= 0.3 is 6.18 Å². The average Bonchev–Trinajstić information content (AvgIpc) is 3.61. The van der Waals surface area contributed by atoms with E-state index in [1.165, 1.54) is 21.3 Å². The number of hydroxylamine groups is 2. The first-order valence-electron chi connectivity index (χ1n) is 13.0. The highest BCUT2D eigenvalue weighted by Gasteiger charge is 2.46. The van der Waals surface area contributed by atoms with Crippen molar-refractivity contribution in [3.63, 3.8) is 0 Å². The van der Waals surface area contributed by atoms with E-state index < -0.39 is 53.9 Å². The molecule has 1 aromatic heterocycles. The molecule has 3 amide bonds. The van der Waals surface area contributed by atoms with E-state index in [-0.39, 0.29) is 31.4 Å². The number of benzene rings is 1. The van der Waals surface area contributed by atoms with Crippen molar-refractivity contribution in [2.45, 2.75) is 76.9 Å². The molecule has 40 heavy (non-hydrogen) atoms. The largest absolute Gasteiger partial charge is 0.452 e. The molecule has 0 spiro atoms. The fourth-order valence-electron chi connectivity index (χ4n) is 5.42. The molecule has 3 heterocycles. The maximum absolute atomic E-state index is 13.6. The van der Waals surface area contributed by atoms with Crippen LogP contribution >= 0.6 is 11.3 Å². The number of nitrogens with two attached hydrogens (primary N) is 1. The number of fused-ring (bicyclic) bond motifs is 1. The van der Waals surface area contributed by atoms with Gasteiger partial charge in [-0.25, -0.2) is 5.06 Å². The van der Waals surface area contributed by atoms with Crippen LogP contribution in [0.2, 0.25) is 0 Å². The van der Waals surface area contributed by atoms with Crippen molar-refractivity contribution in [1.29, 1.82) is 0 Å². The Hall–Kier alpha value is -3.45. The van der Waals surface area contributed by atoms with Crippen LogP contribution in [0.5, 0.6) is 0 Å². The second kappa shape index (κ2) is 11.6. The quantitative estimate of drug-likeness (QED) is 0.470. The van der Waals surface area contributed by atoms with E-state index in [4.69, 9.17) is 10.6 Å². The Morgan fingerprint density at radius 2 is 1.93 bits per heavy atom. The van der Waals surface area contributed by atoms with Gasteiger partial charge in [-0.1, -0.05) is 25.1 Å². The van der Waals surface area contributed by atoms with Crippen LogP contribution in [-0.2, 0) is 30.4 Å². The first-order valence-corrected chi connectivity index (χ1v) is 13.9. The molecular formula is C27H31F3N4O5S. The highest BCUT2D eigenvalue weighted by atomic mass is 32.1. The molecule has 1 aromatic carbocycles. The number of Topliss-reactive ketones (excluding diaryl/α,β-unsaturated/α-hetero) is 1. The molecule has 3 N–H and O–H groups in total. The number of hydrogen-bond acceptors (Lipinski definition) is 7. The fraction of sp³-hybridized carbons (Fsp3) is 0.481. The van der Waals surface area contributed by atoms with Gasteiger partial charge in [-0.05, 0) is 55.5 Å². The summed E-state index contributed by atoms with van der Waals surface area (Å²) in [6.45, 7) is 5.17. The molecule has 13 heteroatoms. The SMILES string of the molecule is CCC(C(=O)N1CCC[C@H]1C(=O)N[C@@H](Cc1csc2ccccc12)C(=O)C(F)(F)F)N1OC(C)C(C(N)=O)=C1C. The Kier molecular flexibility index (Phi) is 8.55. The van der Waals surface area contributed by atoms with Crippen LogP contribution in [-0.4, -0.2) is 70.4 Å². The van der Waals surface area contributed by atoms with E-state index in [9.17, 15) is 32.3 Å². The lowest BCUT2D eigenvalue weighted by atomic mass is 10.0. The van der Waals surface area contributed by atoms with Crippen LogP contribution in [0.1, 0.15) is 45.6 Å². The number of amides is 3. The summed E-state index contributed by atoms with van der Waals surface area (Å²) in [7, 11) is 0. The summed E-state index contributed by atoms with van der Waals surface area (Å²) in [5.41, 5.74) is 6.60. The summed E-state index contributed by atoms with van der Waals surface area (Å²) in [6.07, 6.45) is -5.23. The van der Waals surface area contributed by atoms with Crippen LogP contribution in [0.4, 0.5) is 13.2 Å². The number of ketones is 1. The molecule has 4 atom stereocenters. The normalized spacial score (nSPS) is 21.1. The number of allylic oxidation sites excluding steroid dienone is 1. The van der Waals surface area contributed by atoms with Gasteiger partial charge in [0, 0.05) is 17.7 Å². The Morgan fingerprint density at radius 3 is 2.55 bits per heavy atom. The van der Waals surface area contributed by atoms with E-state index >= 15 is 0 Å². The highest BCUT2D eigenvalue weighted by Crippen LogP contribution is 2.32. The van der Waals surface area contributed by atoms with Gasteiger partial charge in [0.25, 0.3) is 5.78 Å². The molecule has 0 aliphatic carbocycles. The van der Waals surface area contributed by atoms with Gasteiger partial charge in [-0.15, -0.1) is 11.3 Å². The molecule has 0 saturated carbocycles. The number of carbonyl (C=O) groups excluding carboxylic acids is 4. The molecular weight excluding hydrogens is 549 g/mol. The van der Waals surface area contributed by atoms with Crippen LogP contribution in [0.15, 0.2) is 40.9 Å². The summed E-state index contributed by atoms with van der Waals surface area (Å²) in [5, 5.41) is 6.01. The van der Waals surface area contributed by atoms with Crippen molar-refractivity contribution in [2.24, 2.45) is 5.73 Å². The number of carbonyl (C=O) groups is 4. The number of rotatable bonds is 9. The standard InChI is InChI=1S/C27H31F3N4O5S/c1-4-19(34-14(2)22(24(31)36)15(3)39-34)26(38)33-11-7-9-20(33)25(37)32-18(23(35)27(28,29)30)12-16-13-40-21-10-6-5-8-17(16)21/h5-6,8,10,13,15,18-20H,4,7,9,11-12H2,1-3H3,(H2,31,36)(H,32,37)/t15?,18-,19?,20-/m0/s1. The molecule has 1 fully saturated rings. The van der Waals surface area contributed by atoms with E-state index in [2.05, 4.69) is 5.32 Å². The third kappa shape index (κ3) is 5.71. The predicted molar refractivity (Wildman–Crippen MR) is 142 cm³/mol. The van der Waals surface area contributed by atoms with Crippen molar-refractivity contribution in [1.82, 2.24) is 15.3 Å². The minimum absolute atomic E-state index is 0.204. The summed E-state index contributed by atoms with van der Waals surface area (Å²) in [5.74, 6) is -4.03. The van der Waals surface area contributed by atoms with E-state index in [1.54, 1.807) is 44.4 Å². The average molecular weight is 581 g/mol. The number of nitrogens with one attached hydrogen (secondary N) is 1. The highest BCUT2D eigenvalue weighted by molar-refractivity contribution is 7.17. The van der Waals surface area contributed by atoms with E-state index in [1.807, 2.05) is 6.07 Å². The maximum Gasteiger partial charge on any atom is 0.452 e. The Morgan fingerprint density at radius 1 is 1.23 bits per heavy atom. The van der Waals surface area contributed by atoms with Crippen LogP contribution in [0, 0.1) is 0 Å². The Balaban J connectivity index is 1.55. The third-order valence-corrected chi connectivity index (χ3v) is 8.37. The Bertz CT molecular complexity index is 1360. The maximum atomic E-state index is 13.6. The lowest BCUT2D eigenvalue weighted by Gasteiger charge is -2.34. The lowest BCUT2D eigenvalue weighted by molar-refractivity contribution is -0.179. The monoisotopic (exact) mass is 580 g/mol. The number of hydrogen-bond donors (Lipinski definition) is 2. The van der Waals surface area contributed by atoms with Crippen LogP contribution in [0.3, 0.4) is 0 Å². The lowest BCUT2D eigenvalue weighted by Crippen LogP contribution is -2.56. The molecule has 216 valence electrons. The van der Waals surface area contributed by atoms with Crippen molar-refractivity contribution in [2.75, 3.05) is 6.54 Å². The predicted octanol–water partition coefficient (Wildman–Crippen LogP) is 3.22. The van der Waals surface area contributed by atoms with Crippen LogP contribution in [0.25, 0.3) is 10.1 Å². The van der Waals surface area contributed by atoms with Gasteiger partial charge in [0.05, 0.1) is 11.3 Å². The zero-order valence-corrected chi connectivity index (χ0v) is 23.1. The van der Waals surface area contributed by atoms with Gasteiger partial charge in [0.15, 0.2) is 0 Å². The molecule has 2 aromatic rings. The molecule has 0 radical (unpaired) electrons. The minimum atomic E-state index is -5.16. The summed E-state index contributed by atoms with van der Waals surface area (Å²) < 4.78 is 41.5.